The van der Waals surface area contributed by atoms with Crippen molar-refractivity contribution in [3.8, 4) is 0 Å². The minimum Gasteiger partial charge on any atom is -0.379 e. The Morgan fingerprint density at radius 2 is 2.33 bits per heavy atom. The van der Waals surface area contributed by atoms with E-state index in [-0.39, 0.29) is 11.6 Å². The first-order valence-electron chi connectivity index (χ1n) is 6.89. The SMILES string of the molecule is CC(C)CC(N)c1cncn1C1(C)CCCOC1. The van der Waals surface area contributed by atoms with Crippen LogP contribution < -0.4 is 5.73 Å². The van der Waals surface area contributed by atoms with E-state index in [9.17, 15) is 0 Å². The molecule has 2 N–H and O–H groups in total. The van der Waals surface area contributed by atoms with E-state index in [0.29, 0.717) is 5.92 Å². The van der Waals surface area contributed by atoms with Gasteiger partial charge in [-0.1, -0.05) is 13.8 Å². The monoisotopic (exact) mass is 251 g/mol. The van der Waals surface area contributed by atoms with Crippen LogP contribution in [-0.4, -0.2) is 22.8 Å². The van der Waals surface area contributed by atoms with Gasteiger partial charge in [-0.2, -0.15) is 0 Å². The van der Waals surface area contributed by atoms with Crippen LogP contribution in [0.15, 0.2) is 12.5 Å². The summed E-state index contributed by atoms with van der Waals surface area (Å²) in [6, 6.07) is 0.0613. The van der Waals surface area contributed by atoms with Gasteiger partial charge in [-0.05, 0) is 32.1 Å². The molecule has 2 rings (SSSR count). The largest absolute Gasteiger partial charge is 0.379 e. The lowest BCUT2D eigenvalue weighted by atomic mass is 9.93. The molecule has 0 amide bonds. The van der Waals surface area contributed by atoms with Gasteiger partial charge in [0.1, 0.15) is 0 Å². The highest BCUT2D eigenvalue weighted by Crippen LogP contribution is 2.30. The van der Waals surface area contributed by atoms with Crippen LogP contribution in [0.2, 0.25) is 0 Å². The Kier molecular flexibility index (Phi) is 4.07. The number of hydrogen-bond acceptors (Lipinski definition) is 3. The zero-order valence-corrected chi connectivity index (χ0v) is 11.7. The topological polar surface area (TPSA) is 53.1 Å². The van der Waals surface area contributed by atoms with Crippen molar-refractivity contribution in [2.45, 2.75) is 51.6 Å². The number of imidazole rings is 1. The fourth-order valence-corrected chi connectivity index (χ4v) is 2.77. The van der Waals surface area contributed by atoms with E-state index in [4.69, 9.17) is 10.5 Å². The molecule has 2 unspecified atom stereocenters. The molecule has 4 heteroatoms. The second-order valence-corrected chi connectivity index (χ2v) is 6.08. The minimum absolute atomic E-state index is 0.0126. The Hall–Kier alpha value is -0.870. The lowest BCUT2D eigenvalue weighted by Gasteiger charge is -2.37. The van der Waals surface area contributed by atoms with Gasteiger partial charge in [-0.3, -0.25) is 0 Å². The number of nitrogens with two attached hydrogens (primary N) is 1. The lowest BCUT2D eigenvalue weighted by molar-refractivity contribution is 0.00773. The summed E-state index contributed by atoms with van der Waals surface area (Å²) in [5.41, 5.74) is 7.45. The zero-order chi connectivity index (χ0) is 13.2. The van der Waals surface area contributed by atoms with E-state index in [1.165, 1.54) is 0 Å². The summed E-state index contributed by atoms with van der Waals surface area (Å²) in [6.45, 7) is 8.26. The first kappa shape index (κ1) is 13.6. The van der Waals surface area contributed by atoms with Crippen molar-refractivity contribution in [2.24, 2.45) is 11.7 Å². The first-order chi connectivity index (χ1) is 8.53. The third kappa shape index (κ3) is 2.75. The van der Waals surface area contributed by atoms with E-state index in [2.05, 4.69) is 30.3 Å². The van der Waals surface area contributed by atoms with Crippen LogP contribution in [0, 0.1) is 5.92 Å². The fraction of sp³-hybridized carbons (Fsp3) is 0.786. The predicted octanol–water partition coefficient (Wildman–Crippen LogP) is 2.45. The second kappa shape index (κ2) is 5.41. The summed E-state index contributed by atoms with van der Waals surface area (Å²) < 4.78 is 7.87. The average molecular weight is 251 g/mol. The highest BCUT2D eigenvalue weighted by atomic mass is 16.5. The number of ether oxygens (including phenoxy) is 1. The van der Waals surface area contributed by atoms with E-state index in [0.717, 1.165) is 38.2 Å². The molecule has 1 aromatic rings. The molecule has 1 aliphatic rings. The van der Waals surface area contributed by atoms with E-state index < -0.39 is 0 Å². The van der Waals surface area contributed by atoms with Crippen LogP contribution in [0.4, 0.5) is 0 Å². The van der Waals surface area contributed by atoms with E-state index in [1.807, 2.05) is 12.5 Å². The van der Waals surface area contributed by atoms with Crippen molar-refractivity contribution < 1.29 is 4.74 Å². The normalized spacial score (nSPS) is 26.5. The van der Waals surface area contributed by atoms with Crippen LogP contribution >= 0.6 is 0 Å². The van der Waals surface area contributed by atoms with Gasteiger partial charge >= 0.3 is 0 Å². The number of nitrogens with zero attached hydrogens (tertiary/aromatic N) is 2. The van der Waals surface area contributed by atoms with Crippen molar-refractivity contribution in [1.29, 1.82) is 0 Å². The molecular weight excluding hydrogens is 226 g/mol. The van der Waals surface area contributed by atoms with Crippen molar-refractivity contribution >= 4 is 0 Å². The van der Waals surface area contributed by atoms with Gasteiger partial charge in [0, 0.05) is 18.8 Å². The molecular formula is C14H25N3O. The third-order valence-electron chi connectivity index (χ3n) is 3.77. The molecule has 1 fully saturated rings. The Bertz CT molecular complexity index is 380. The number of aromatic nitrogens is 2. The summed E-state index contributed by atoms with van der Waals surface area (Å²) in [6.07, 6.45) is 7.04. The maximum Gasteiger partial charge on any atom is 0.0954 e. The van der Waals surface area contributed by atoms with Crippen LogP contribution in [0.1, 0.15) is 51.8 Å². The van der Waals surface area contributed by atoms with Crippen molar-refractivity contribution in [3.05, 3.63) is 18.2 Å². The molecule has 0 radical (unpaired) electrons. The maximum absolute atomic E-state index is 6.31. The quantitative estimate of drug-likeness (QED) is 0.894. The molecule has 1 saturated heterocycles. The van der Waals surface area contributed by atoms with Crippen molar-refractivity contribution in [3.63, 3.8) is 0 Å². The molecule has 0 bridgehead atoms. The van der Waals surface area contributed by atoms with Gasteiger partial charge in [-0.25, -0.2) is 4.98 Å². The number of hydrogen-bond donors (Lipinski definition) is 1. The van der Waals surface area contributed by atoms with Gasteiger partial charge in [0.25, 0.3) is 0 Å². The smallest absolute Gasteiger partial charge is 0.0954 e. The highest BCUT2D eigenvalue weighted by Gasteiger charge is 2.32. The summed E-state index contributed by atoms with van der Waals surface area (Å²) in [5.74, 6) is 0.596. The minimum atomic E-state index is 0.0126. The van der Waals surface area contributed by atoms with Crippen molar-refractivity contribution in [2.75, 3.05) is 13.2 Å². The van der Waals surface area contributed by atoms with Gasteiger partial charge < -0.3 is 15.0 Å². The first-order valence-corrected chi connectivity index (χ1v) is 6.89. The molecule has 1 aromatic heterocycles. The Labute approximate surface area is 110 Å². The molecule has 0 aliphatic carbocycles. The van der Waals surface area contributed by atoms with Gasteiger partial charge in [-0.15, -0.1) is 0 Å². The molecule has 18 heavy (non-hydrogen) atoms. The van der Waals surface area contributed by atoms with Crippen LogP contribution in [0.25, 0.3) is 0 Å². The molecule has 1 aliphatic heterocycles. The second-order valence-electron chi connectivity index (χ2n) is 6.08. The van der Waals surface area contributed by atoms with Gasteiger partial charge in [0.05, 0.1) is 24.2 Å². The predicted molar refractivity (Wildman–Crippen MR) is 72.3 cm³/mol. The summed E-state index contributed by atoms with van der Waals surface area (Å²) in [7, 11) is 0. The highest BCUT2D eigenvalue weighted by molar-refractivity contribution is 5.09. The summed E-state index contributed by atoms with van der Waals surface area (Å²) in [5, 5.41) is 0. The van der Waals surface area contributed by atoms with E-state index in [1.54, 1.807) is 0 Å². The molecule has 102 valence electrons. The Morgan fingerprint density at radius 3 is 2.94 bits per heavy atom. The average Bonchev–Trinajstić information content (AvgIpc) is 2.78. The van der Waals surface area contributed by atoms with Crippen molar-refractivity contribution in [1.82, 2.24) is 9.55 Å². The standard InChI is InChI=1S/C14H25N3O/c1-11(2)7-12(15)13-8-16-10-17(13)14(3)5-4-6-18-9-14/h8,10-12H,4-7,9,15H2,1-3H3. The van der Waals surface area contributed by atoms with Gasteiger partial charge in [0.2, 0.25) is 0 Å². The fourth-order valence-electron chi connectivity index (χ4n) is 2.77. The van der Waals surface area contributed by atoms with Gasteiger partial charge in [0.15, 0.2) is 0 Å². The molecule has 4 nitrogen and oxygen atoms in total. The molecule has 0 saturated carbocycles. The van der Waals surface area contributed by atoms with Crippen LogP contribution in [0.5, 0.6) is 0 Å². The van der Waals surface area contributed by atoms with Crippen LogP contribution in [0.3, 0.4) is 0 Å². The number of rotatable bonds is 4. The molecule has 2 heterocycles. The maximum atomic E-state index is 6.31. The zero-order valence-electron chi connectivity index (χ0n) is 11.7. The molecule has 0 aromatic carbocycles. The molecule has 2 atom stereocenters. The summed E-state index contributed by atoms with van der Waals surface area (Å²) in [4.78, 5) is 4.30. The molecule has 0 spiro atoms. The van der Waals surface area contributed by atoms with E-state index >= 15 is 0 Å². The van der Waals surface area contributed by atoms with Crippen LogP contribution in [-0.2, 0) is 10.3 Å². The Morgan fingerprint density at radius 1 is 1.56 bits per heavy atom. The lowest BCUT2D eigenvalue weighted by Crippen LogP contribution is -2.40. The third-order valence-corrected chi connectivity index (χ3v) is 3.77. The summed E-state index contributed by atoms with van der Waals surface area (Å²) >= 11 is 0. The Balaban J connectivity index is 2.21.